The molecule has 0 aromatic carbocycles. The van der Waals surface area contributed by atoms with E-state index in [2.05, 4.69) is 49.5 Å². The van der Waals surface area contributed by atoms with Crippen LogP contribution < -0.4 is 5.32 Å². The van der Waals surface area contributed by atoms with E-state index in [0.717, 1.165) is 29.3 Å². The summed E-state index contributed by atoms with van der Waals surface area (Å²) in [6.45, 7) is 10.8. The number of nitrogens with zero attached hydrogens (tertiary/aromatic N) is 2. The number of carbonyl (C=O) groups excluding carboxylic acids is 1. The van der Waals surface area contributed by atoms with E-state index in [4.69, 9.17) is 9.72 Å². The zero-order chi connectivity index (χ0) is 16.3. The number of anilines is 1. The molecule has 2 rings (SSSR count). The lowest BCUT2D eigenvalue weighted by Gasteiger charge is -2.11. The van der Waals surface area contributed by atoms with Gasteiger partial charge in [0.25, 0.3) is 0 Å². The summed E-state index contributed by atoms with van der Waals surface area (Å²) in [6.07, 6.45) is 0.866. The van der Waals surface area contributed by atoms with Crippen LogP contribution in [0.5, 0.6) is 0 Å². The lowest BCUT2D eigenvalue weighted by molar-refractivity contribution is -0.140. The van der Waals surface area contributed by atoms with Gasteiger partial charge in [0, 0.05) is 5.69 Å². The highest BCUT2D eigenvalue weighted by Gasteiger charge is 2.16. The van der Waals surface area contributed by atoms with Gasteiger partial charge in [-0.05, 0) is 50.8 Å². The minimum Gasteiger partial charge on any atom is -0.465 e. The van der Waals surface area contributed by atoms with Gasteiger partial charge in [0.1, 0.15) is 18.0 Å². The van der Waals surface area contributed by atoms with Gasteiger partial charge in [0.05, 0.1) is 12.3 Å². The first-order valence-electron chi connectivity index (χ1n) is 7.80. The zero-order valence-corrected chi connectivity index (χ0v) is 14.1. The topological polar surface area (TPSA) is 55.6 Å². The number of esters is 1. The van der Waals surface area contributed by atoms with Crippen molar-refractivity contribution >= 4 is 17.4 Å². The highest BCUT2D eigenvalue weighted by Crippen LogP contribution is 2.24. The van der Waals surface area contributed by atoms with Crippen LogP contribution >= 0.6 is 0 Å². The van der Waals surface area contributed by atoms with Gasteiger partial charge >= 0.3 is 5.97 Å². The highest BCUT2D eigenvalue weighted by atomic mass is 16.5. The molecule has 0 aliphatic heterocycles. The van der Waals surface area contributed by atoms with Crippen LogP contribution in [0.25, 0.3) is 5.65 Å². The van der Waals surface area contributed by atoms with Crippen LogP contribution in [-0.4, -0.2) is 28.5 Å². The van der Waals surface area contributed by atoms with E-state index in [1.807, 2.05) is 6.92 Å². The number of ether oxygens (including phenoxy) is 1. The average Bonchev–Trinajstić information content (AvgIpc) is 2.73. The van der Waals surface area contributed by atoms with Gasteiger partial charge in [0.15, 0.2) is 0 Å². The molecule has 2 aromatic rings. The van der Waals surface area contributed by atoms with Crippen molar-refractivity contribution in [3.05, 3.63) is 29.1 Å². The van der Waals surface area contributed by atoms with Crippen LogP contribution in [-0.2, 0) is 16.0 Å². The number of aryl methyl sites for hydroxylation is 2. The standard InChI is InChI=1S/C17H25N3O2/c1-6-22-16(21)10-18-17-14(7-11(2)3)19-15-9-12(4)8-13(5)20(15)17/h8-9,11,18H,6-7,10H2,1-5H3. The van der Waals surface area contributed by atoms with Crippen molar-refractivity contribution in [3.63, 3.8) is 0 Å². The molecule has 5 nitrogen and oxygen atoms in total. The number of aromatic nitrogens is 2. The molecule has 0 unspecified atom stereocenters. The summed E-state index contributed by atoms with van der Waals surface area (Å²) in [7, 11) is 0. The molecular formula is C17H25N3O2. The molecular weight excluding hydrogens is 278 g/mol. The second-order valence-electron chi connectivity index (χ2n) is 6.03. The van der Waals surface area contributed by atoms with Crippen molar-refractivity contribution in [1.29, 1.82) is 0 Å². The Labute approximate surface area is 131 Å². The van der Waals surface area contributed by atoms with Crippen molar-refractivity contribution in [2.24, 2.45) is 5.92 Å². The number of nitrogens with one attached hydrogen (secondary N) is 1. The molecule has 22 heavy (non-hydrogen) atoms. The van der Waals surface area contributed by atoms with Gasteiger partial charge in [0.2, 0.25) is 0 Å². The number of carbonyl (C=O) groups is 1. The van der Waals surface area contributed by atoms with Gasteiger partial charge in [-0.3, -0.25) is 9.20 Å². The summed E-state index contributed by atoms with van der Waals surface area (Å²) in [6, 6.07) is 4.18. The fourth-order valence-corrected chi connectivity index (χ4v) is 2.66. The van der Waals surface area contributed by atoms with Crippen molar-refractivity contribution in [2.75, 3.05) is 18.5 Å². The SMILES string of the molecule is CCOC(=O)CNc1c(CC(C)C)nc2cc(C)cc(C)n12. The van der Waals surface area contributed by atoms with Crippen LogP contribution in [0, 0.1) is 19.8 Å². The van der Waals surface area contributed by atoms with E-state index in [9.17, 15) is 4.79 Å². The van der Waals surface area contributed by atoms with Crippen molar-refractivity contribution in [3.8, 4) is 0 Å². The molecule has 2 aromatic heterocycles. The van der Waals surface area contributed by atoms with E-state index >= 15 is 0 Å². The summed E-state index contributed by atoms with van der Waals surface area (Å²) in [5.74, 6) is 1.14. The maximum absolute atomic E-state index is 11.6. The van der Waals surface area contributed by atoms with Crippen LogP contribution in [0.4, 0.5) is 5.82 Å². The zero-order valence-electron chi connectivity index (χ0n) is 14.1. The first-order chi connectivity index (χ1) is 10.4. The molecule has 0 saturated heterocycles. The quantitative estimate of drug-likeness (QED) is 0.833. The van der Waals surface area contributed by atoms with E-state index in [1.165, 1.54) is 5.56 Å². The third-order valence-corrected chi connectivity index (χ3v) is 3.43. The number of hydrogen-bond donors (Lipinski definition) is 1. The summed E-state index contributed by atoms with van der Waals surface area (Å²) in [4.78, 5) is 16.4. The number of rotatable bonds is 6. The van der Waals surface area contributed by atoms with Gasteiger partial charge in [-0.25, -0.2) is 4.98 Å². The first kappa shape index (κ1) is 16.3. The molecule has 0 saturated carbocycles. The van der Waals surface area contributed by atoms with Crippen molar-refractivity contribution < 1.29 is 9.53 Å². The average molecular weight is 303 g/mol. The smallest absolute Gasteiger partial charge is 0.325 e. The Hall–Kier alpha value is -2.04. The molecule has 2 heterocycles. The Kier molecular flexibility index (Phi) is 5.06. The molecule has 5 heteroatoms. The monoisotopic (exact) mass is 303 g/mol. The molecule has 0 radical (unpaired) electrons. The predicted octanol–water partition coefficient (Wildman–Crippen LogP) is 3.12. The fraction of sp³-hybridized carbons (Fsp3) is 0.529. The lowest BCUT2D eigenvalue weighted by Crippen LogP contribution is -2.18. The van der Waals surface area contributed by atoms with Gasteiger partial charge in [-0.1, -0.05) is 13.8 Å². The van der Waals surface area contributed by atoms with Gasteiger partial charge < -0.3 is 10.1 Å². The molecule has 120 valence electrons. The maximum Gasteiger partial charge on any atom is 0.325 e. The van der Waals surface area contributed by atoms with Gasteiger partial charge in [-0.2, -0.15) is 0 Å². The highest BCUT2D eigenvalue weighted by molar-refractivity contribution is 5.75. The van der Waals surface area contributed by atoms with E-state index in [0.29, 0.717) is 12.5 Å². The first-order valence-corrected chi connectivity index (χ1v) is 7.80. The largest absolute Gasteiger partial charge is 0.465 e. The Morgan fingerprint density at radius 1 is 1.36 bits per heavy atom. The van der Waals surface area contributed by atoms with Crippen molar-refractivity contribution in [1.82, 2.24) is 9.38 Å². The summed E-state index contributed by atoms with van der Waals surface area (Å²) >= 11 is 0. The number of imidazole rings is 1. The van der Waals surface area contributed by atoms with Crippen LogP contribution in [0.2, 0.25) is 0 Å². The number of hydrogen-bond acceptors (Lipinski definition) is 4. The molecule has 0 bridgehead atoms. The molecule has 0 atom stereocenters. The van der Waals surface area contributed by atoms with E-state index in [1.54, 1.807) is 0 Å². The van der Waals surface area contributed by atoms with E-state index < -0.39 is 0 Å². The molecule has 0 aliphatic rings. The minimum atomic E-state index is -0.252. The molecule has 0 amide bonds. The Morgan fingerprint density at radius 2 is 2.09 bits per heavy atom. The normalized spacial score (nSPS) is 11.2. The van der Waals surface area contributed by atoms with Crippen LogP contribution in [0.15, 0.2) is 12.1 Å². The Balaban J connectivity index is 2.41. The third kappa shape index (κ3) is 3.59. The fourth-order valence-electron chi connectivity index (χ4n) is 2.66. The Bertz CT molecular complexity index is 674. The number of fused-ring (bicyclic) bond motifs is 1. The van der Waals surface area contributed by atoms with Crippen LogP contribution in [0.3, 0.4) is 0 Å². The maximum atomic E-state index is 11.6. The molecule has 0 spiro atoms. The molecule has 0 aliphatic carbocycles. The van der Waals surface area contributed by atoms with Crippen LogP contribution in [0.1, 0.15) is 37.7 Å². The second-order valence-corrected chi connectivity index (χ2v) is 6.03. The lowest BCUT2D eigenvalue weighted by atomic mass is 10.1. The van der Waals surface area contributed by atoms with Crippen molar-refractivity contribution in [2.45, 2.75) is 41.0 Å². The molecule has 0 fully saturated rings. The summed E-state index contributed by atoms with van der Waals surface area (Å²) in [5, 5.41) is 3.21. The van der Waals surface area contributed by atoms with Gasteiger partial charge in [-0.15, -0.1) is 0 Å². The predicted molar refractivity (Wildman–Crippen MR) is 88.3 cm³/mol. The second kappa shape index (κ2) is 6.81. The Morgan fingerprint density at radius 3 is 2.73 bits per heavy atom. The summed E-state index contributed by atoms with van der Waals surface area (Å²) in [5.41, 5.74) is 4.19. The summed E-state index contributed by atoms with van der Waals surface area (Å²) < 4.78 is 7.06. The number of pyridine rings is 1. The third-order valence-electron chi connectivity index (χ3n) is 3.43. The molecule has 1 N–H and O–H groups in total. The minimum absolute atomic E-state index is 0.153. The van der Waals surface area contributed by atoms with E-state index in [-0.39, 0.29) is 12.5 Å².